The lowest BCUT2D eigenvalue weighted by molar-refractivity contribution is 0.625. The molecule has 0 amide bonds. The van der Waals surface area contributed by atoms with Crippen molar-refractivity contribution in [2.75, 3.05) is 13.6 Å². The van der Waals surface area contributed by atoms with Gasteiger partial charge in [0.25, 0.3) is 0 Å². The second-order valence-electron chi connectivity index (χ2n) is 4.77. The topological polar surface area (TPSA) is 67.1 Å². The van der Waals surface area contributed by atoms with E-state index < -0.39 is 0 Å². The van der Waals surface area contributed by atoms with E-state index in [0.29, 0.717) is 19.0 Å². The summed E-state index contributed by atoms with van der Waals surface area (Å²) in [6.45, 7) is 4.13. The van der Waals surface area contributed by atoms with Crippen LogP contribution >= 0.6 is 24.0 Å². The Morgan fingerprint density at radius 2 is 2.00 bits per heavy atom. The number of benzene rings is 1. The van der Waals surface area contributed by atoms with Gasteiger partial charge < -0.3 is 15.2 Å². The van der Waals surface area contributed by atoms with Crippen LogP contribution in [0.1, 0.15) is 18.3 Å². The van der Waals surface area contributed by atoms with E-state index in [0.717, 1.165) is 24.4 Å². The van der Waals surface area contributed by atoms with Gasteiger partial charge in [-0.15, -0.1) is 34.2 Å². The lowest BCUT2D eigenvalue weighted by Crippen LogP contribution is -2.38. The van der Waals surface area contributed by atoms with Crippen molar-refractivity contribution in [1.29, 1.82) is 0 Å². The van der Waals surface area contributed by atoms with Crippen LogP contribution in [0.4, 0.5) is 4.39 Å². The zero-order valence-electron chi connectivity index (χ0n) is 13.3. The Kier molecular flexibility index (Phi) is 8.52. The maximum absolute atomic E-state index is 12.8. The summed E-state index contributed by atoms with van der Waals surface area (Å²) in [5.41, 5.74) is 0.997. The minimum atomic E-state index is -0.230. The van der Waals surface area contributed by atoms with Gasteiger partial charge in [-0.25, -0.2) is 4.39 Å². The van der Waals surface area contributed by atoms with Crippen molar-refractivity contribution < 1.29 is 4.39 Å². The normalized spacial score (nSPS) is 11.0. The molecule has 126 valence electrons. The van der Waals surface area contributed by atoms with Crippen LogP contribution in [0.2, 0.25) is 0 Å². The standard InChI is InChI=1S/C15H21FN6.HI/c1-3-14-21-20-11-22(14)9-8-18-15(17-2)19-10-12-4-6-13(16)7-5-12;/h4-7,11H,3,8-10H2,1-2H3,(H2,17,18,19);1H. The Labute approximate surface area is 152 Å². The molecule has 0 aliphatic carbocycles. The zero-order chi connectivity index (χ0) is 15.8. The predicted molar refractivity (Wildman–Crippen MR) is 99.4 cm³/mol. The van der Waals surface area contributed by atoms with Gasteiger partial charge in [0.2, 0.25) is 0 Å². The first-order valence-electron chi connectivity index (χ1n) is 7.28. The van der Waals surface area contributed by atoms with E-state index in [9.17, 15) is 4.39 Å². The molecule has 0 saturated heterocycles. The van der Waals surface area contributed by atoms with Gasteiger partial charge in [0.15, 0.2) is 5.96 Å². The average molecular weight is 432 g/mol. The quantitative estimate of drug-likeness (QED) is 0.416. The molecule has 0 atom stereocenters. The summed E-state index contributed by atoms with van der Waals surface area (Å²) in [5, 5.41) is 14.4. The molecule has 1 heterocycles. The number of hydrogen-bond acceptors (Lipinski definition) is 3. The Morgan fingerprint density at radius 1 is 1.26 bits per heavy atom. The molecular formula is C15H22FIN6. The van der Waals surface area contributed by atoms with Gasteiger partial charge in [-0.3, -0.25) is 4.99 Å². The van der Waals surface area contributed by atoms with Crippen molar-refractivity contribution in [1.82, 2.24) is 25.4 Å². The number of aliphatic imine (C=N–C) groups is 1. The second-order valence-corrected chi connectivity index (χ2v) is 4.77. The van der Waals surface area contributed by atoms with Crippen LogP contribution in [-0.2, 0) is 19.5 Å². The van der Waals surface area contributed by atoms with Gasteiger partial charge in [-0.05, 0) is 17.7 Å². The number of nitrogens with zero attached hydrogens (tertiary/aromatic N) is 4. The molecule has 2 aromatic rings. The predicted octanol–water partition coefficient (Wildman–Crippen LogP) is 1.96. The van der Waals surface area contributed by atoms with Gasteiger partial charge in [0.1, 0.15) is 18.0 Å². The van der Waals surface area contributed by atoms with Crippen LogP contribution in [0.5, 0.6) is 0 Å². The number of rotatable bonds is 6. The monoisotopic (exact) mass is 432 g/mol. The van der Waals surface area contributed by atoms with E-state index in [-0.39, 0.29) is 29.8 Å². The first-order chi connectivity index (χ1) is 10.7. The van der Waals surface area contributed by atoms with Gasteiger partial charge in [-0.2, -0.15) is 0 Å². The molecule has 0 spiro atoms. The Hall–Kier alpha value is -1.71. The van der Waals surface area contributed by atoms with Crippen LogP contribution in [-0.4, -0.2) is 34.3 Å². The zero-order valence-corrected chi connectivity index (χ0v) is 15.6. The summed E-state index contributed by atoms with van der Waals surface area (Å²) in [6.07, 6.45) is 2.59. The van der Waals surface area contributed by atoms with E-state index in [4.69, 9.17) is 0 Å². The van der Waals surface area contributed by atoms with Crippen LogP contribution in [0.3, 0.4) is 0 Å². The van der Waals surface area contributed by atoms with E-state index in [2.05, 4.69) is 32.7 Å². The van der Waals surface area contributed by atoms with Crippen LogP contribution in [0.15, 0.2) is 35.6 Å². The highest BCUT2D eigenvalue weighted by Crippen LogP contribution is 2.01. The number of hydrogen-bond donors (Lipinski definition) is 2. The summed E-state index contributed by atoms with van der Waals surface area (Å²) in [4.78, 5) is 4.16. The second kappa shape index (κ2) is 10.1. The first-order valence-corrected chi connectivity index (χ1v) is 7.28. The van der Waals surface area contributed by atoms with Crippen molar-refractivity contribution in [3.63, 3.8) is 0 Å². The largest absolute Gasteiger partial charge is 0.355 e. The molecule has 0 saturated carbocycles. The summed E-state index contributed by atoms with van der Waals surface area (Å²) < 4.78 is 14.9. The maximum Gasteiger partial charge on any atom is 0.191 e. The van der Waals surface area contributed by atoms with E-state index >= 15 is 0 Å². The maximum atomic E-state index is 12.8. The summed E-state index contributed by atoms with van der Waals surface area (Å²) >= 11 is 0. The summed E-state index contributed by atoms with van der Waals surface area (Å²) in [6, 6.07) is 6.40. The highest BCUT2D eigenvalue weighted by molar-refractivity contribution is 14.0. The third-order valence-corrected chi connectivity index (χ3v) is 3.25. The Bertz CT molecular complexity index is 611. The molecular weight excluding hydrogens is 410 g/mol. The Morgan fingerprint density at radius 3 is 2.65 bits per heavy atom. The molecule has 8 heteroatoms. The number of aromatic nitrogens is 3. The lowest BCUT2D eigenvalue weighted by Gasteiger charge is -2.12. The smallest absolute Gasteiger partial charge is 0.191 e. The summed E-state index contributed by atoms with van der Waals surface area (Å²) in [5.74, 6) is 1.44. The van der Waals surface area contributed by atoms with E-state index in [1.165, 1.54) is 12.1 Å². The lowest BCUT2D eigenvalue weighted by atomic mass is 10.2. The molecule has 0 aliphatic rings. The molecule has 23 heavy (non-hydrogen) atoms. The minimum Gasteiger partial charge on any atom is -0.355 e. The van der Waals surface area contributed by atoms with E-state index in [1.807, 2.05) is 4.57 Å². The van der Waals surface area contributed by atoms with Gasteiger partial charge in [0.05, 0.1) is 0 Å². The summed E-state index contributed by atoms with van der Waals surface area (Å²) in [7, 11) is 1.72. The van der Waals surface area contributed by atoms with Crippen molar-refractivity contribution >= 4 is 29.9 Å². The molecule has 2 N–H and O–H groups in total. The van der Waals surface area contributed by atoms with E-state index in [1.54, 1.807) is 25.5 Å². The van der Waals surface area contributed by atoms with Crippen molar-refractivity contribution in [2.45, 2.75) is 26.4 Å². The number of aryl methyl sites for hydroxylation is 1. The van der Waals surface area contributed by atoms with Crippen molar-refractivity contribution in [3.8, 4) is 0 Å². The molecule has 0 bridgehead atoms. The fourth-order valence-corrected chi connectivity index (χ4v) is 2.04. The molecule has 0 unspecified atom stereocenters. The number of halogens is 2. The molecule has 1 aromatic carbocycles. The third kappa shape index (κ3) is 6.12. The fraction of sp³-hybridized carbons (Fsp3) is 0.400. The van der Waals surface area contributed by atoms with Gasteiger partial charge in [-0.1, -0.05) is 19.1 Å². The van der Waals surface area contributed by atoms with Crippen LogP contribution in [0, 0.1) is 5.82 Å². The highest BCUT2D eigenvalue weighted by atomic mass is 127. The number of guanidine groups is 1. The fourth-order valence-electron chi connectivity index (χ4n) is 2.04. The molecule has 0 radical (unpaired) electrons. The SMILES string of the molecule is CCc1nncn1CCNC(=NC)NCc1ccc(F)cc1.I. The molecule has 1 aromatic heterocycles. The molecule has 2 rings (SSSR count). The Balaban J connectivity index is 0.00000264. The van der Waals surface area contributed by atoms with Crippen LogP contribution in [0.25, 0.3) is 0 Å². The third-order valence-electron chi connectivity index (χ3n) is 3.25. The first kappa shape index (κ1) is 19.3. The molecule has 0 aliphatic heterocycles. The van der Waals surface area contributed by atoms with Gasteiger partial charge >= 0.3 is 0 Å². The van der Waals surface area contributed by atoms with Gasteiger partial charge in [0, 0.05) is 33.1 Å². The van der Waals surface area contributed by atoms with Crippen molar-refractivity contribution in [3.05, 3.63) is 47.8 Å². The minimum absolute atomic E-state index is 0. The molecule has 0 fully saturated rings. The molecule has 6 nitrogen and oxygen atoms in total. The average Bonchev–Trinajstić information content (AvgIpc) is 2.99. The number of nitrogens with one attached hydrogen (secondary N) is 2. The highest BCUT2D eigenvalue weighted by Gasteiger charge is 2.02. The van der Waals surface area contributed by atoms with Crippen molar-refractivity contribution in [2.24, 2.45) is 4.99 Å². The van der Waals surface area contributed by atoms with Crippen LogP contribution < -0.4 is 10.6 Å².